The SMILES string of the molecule is CC(C)(C)OC(=O)N[C@H](CC(=O)NC1c2ccccc2Oc2ccccc21)C(=O)[O-]. The maximum Gasteiger partial charge on any atom is 0.408 e. The Balaban J connectivity index is 1.75. The normalized spacial score (nSPS) is 13.8. The number of para-hydroxylation sites is 2. The van der Waals surface area contributed by atoms with Crippen molar-refractivity contribution in [2.45, 2.75) is 44.9 Å². The molecule has 8 heteroatoms. The third-order valence-corrected chi connectivity index (χ3v) is 4.35. The van der Waals surface area contributed by atoms with E-state index in [2.05, 4.69) is 10.6 Å². The number of carboxylic acids is 1. The van der Waals surface area contributed by atoms with Crippen LogP contribution in [0.4, 0.5) is 4.79 Å². The smallest absolute Gasteiger partial charge is 0.408 e. The summed E-state index contributed by atoms with van der Waals surface area (Å²) in [5, 5.41) is 16.5. The minimum absolute atomic E-state index is 0.511. The Hall–Kier alpha value is -3.55. The van der Waals surface area contributed by atoms with Gasteiger partial charge in [0, 0.05) is 11.1 Å². The lowest BCUT2D eigenvalue weighted by molar-refractivity contribution is -0.308. The van der Waals surface area contributed by atoms with Crippen molar-refractivity contribution < 1.29 is 29.0 Å². The highest BCUT2D eigenvalue weighted by molar-refractivity contribution is 5.87. The van der Waals surface area contributed by atoms with Gasteiger partial charge >= 0.3 is 6.09 Å². The molecule has 8 nitrogen and oxygen atoms in total. The number of carbonyl (C=O) groups is 3. The molecule has 0 radical (unpaired) electrons. The van der Waals surface area contributed by atoms with Crippen LogP contribution in [0, 0.1) is 0 Å². The minimum atomic E-state index is -1.58. The van der Waals surface area contributed by atoms with E-state index in [1.54, 1.807) is 32.9 Å². The number of carboxylic acid groups (broad SMARTS) is 1. The summed E-state index contributed by atoms with van der Waals surface area (Å²) < 4.78 is 10.9. The summed E-state index contributed by atoms with van der Waals surface area (Å²) in [4.78, 5) is 36.0. The zero-order chi connectivity index (χ0) is 21.9. The molecule has 30 heavy (non-hydrogen) atoms. The predicted octanol–water partition coefficient (Wildman–Crippen LogP) is 2.03. The van der Waals surface area contributed by atoms with Crippen LogP contribution in [0.25, 0.3) is 0 Å². The first-order chi connectivity index (χ1) is 14.1. The van der Waals surface area contributed by atoms with Gasteiger partial charge in [-0.1, -0.05) is 36.4 Å². The van der Waals surface area contributed by atoms with Crippen LogP contribution in [-0.2, 0) is 14.3 Å². The van der Waals surface area contributed by atoms with Gasteiger partial charge in [0.1, 0.15) is 17.1 Å². The molecule has 0 aromatic heterocycles. The molecular weight excluding hydrogens is 388 g/mol. The maximum absolute atomic E-state index is 12.7. The fourth-order valence-corrected chi connectivity index (χ4v) is 3.11. The van der Waals surface area contributed by atoms with Gasteiger partial charge in [-0.2, -0.15) is 0 Å². The van der Waals surface area contributed by atoms with Crippen LogP contribution < -0.4 is 20.5 Å². The monoisotopic (exact) mass is 411 g/mol. The molecule has 1 atom stereocenters. The number of alkyl carbamates (subject to hydrolysis) is 1. The van der Waals surface area contributed by atoms with Gasteiger partial charge < -0.3 is 30.0 Å². The van der Waals surface area contributed by atoms with E-state index in [4.69, 9.17) is 9.47 Å². The summed E-state index contributed by atoms with van der Waals surface area (Å²) in [7, 11) is 0. The summed E-state index contributed by atoms with van der Waals surface area (Å²) in [5.74, 6) is -0.949. The Morgan fingerprint density at radius 2 is 1.57 bits per heavy atom. The first kappa shape index (κ1) is 21.2. The molecule has 158 valence electrons. The first-order valence-electron chi connectivity index (χ1n) is 9.49. The standard InChI is InChI=1S/C22H24N2O6/c1-22(2,3)30-21(28)23-15(20(26)27)12-18(25)24-19-13-8-4-6-10-16(13)29-17-11-7-5-9-14(17)19/h4-11,15,19H,12H2,1-3H3,(H,23,28)(H,24,25)(H,26,27)/p-1/t15-/m1/s1. The lowest BCUT2D eigenvalue weighted by Gasteiger charge is -2.29. The number of aliphatic carboxylic acids is 1. The van der Waals surface area contributed by atoms with Gasteiger partial charge in [0.15, 0.2) is 0 Å². The van der Waals surface area contributed by atoms with Crippen molar-refractivity contribution in [3.63, 3.8) is 0 Å². The largest absolute Gasteiger partial charge is 0.548 e. The molecule has 1 heterocycles. The number of hydrogen-bond acceptors (Lipinski definition) is 6. The van der Waals surface area contributed by atoms with Gasteiger partial charge in [-0.3, -0.25) is 4.79 Å². The number of benzene rings is 2. The summed E-state index contributed by atoms with van der Waals surface area (Å²) in [5.41, 5.74) is 0.683. The zero-order valence-corrected chi connectivity index (χ0v) is 16.9. The van der Waals surface area contributed by atoms with Crippen LogP contribution in [-0.4, -0.2) is 29.6 Å². The molecule has 0 unspecified atom stereocenters. The Morgan fingerprint density at radius 1 is 1.03 bits per heavy atom. The van der Waals surface area contributed by atoms with Crippen molar-refractivity contribution in [2.24, 2.45) is 0 Å². The topological polar surface area (TPSA) is 117 Å². The average molecular weight is 411 g/mol. The highest BCUT2D eigenvalue weighted by Crippen LogP contribution is 2.42. The van der Waals surface area contributed by atoms with E-state index in [1.165, 1.54) is 0 Å². The number of hydrogen-bond donors (Lipinski definition) is 2. The number of carbonyl (C=O) groups excluding carboxylic acids is 3. The van der Waals surface area contributed by atoms with Crippen LogP contribution in [0.3, 0.4) is 0 Å². The summed E-state index contributed by atoms with van der Waals surface area (Å²) >= 11 is 0. The van der Waals surface area contributed by atoms with Crippen molar-refractivity contribution >= 4 is 18.0 Å². The van der Waals surface area contributed by atoms with Gasteiger partial charge in [-0.25, -0.2) is 4.79 Å². The van der Waals surface area contributed by atoms with Crippen molar-refractivity contribution in [3.8, 4) is 11.5 Å². The first-order valence-corrected chi connectivity index (χ1v) is 9.49. The van der Waals surface area contributed by atoms with Gasteiger partial charge in [-0.15, -0.1) is 0 Å². The molecule has 0 spiro atoms. The lowest BCUT2D eigenvalue weighted by atomic mass is 9.94. The van der Waals surface area contributed by atoms with Crippen LogP contribution >= 0.6 is 0 Å². The second-order valence-corrected chi connectivity index (χ2v) is 7.90. The third-order valence-electron chi connectivity index (χ3n) is 4.35. The highest BCUT2D eigenvalue weighted by Gasteiger charge is 2.29. The second-order valence-electron chi connectivity index (χ2n) is 7.90. The van der Waals surface area contributed by atoms with Gasteiger partial charge in [0.05, 0.1) is 24.5 Å². The zero-order valence-electron chi connectivity index (χ0n) is 16.9. The molecule has 0 bridgehead atoms. The van der Waals surface area contributed by atoms with Crippen molar-refractivity contribution in [2.75, 3.05) is 0 Å². The number of fused-ring (bicyclic) bond motifs is 2. The van der Waals surface area contributed by atoms with E-state index in [-0.39, 0.29) is 0 Å². The van der Waals surface area contributed by atoms with E-state index in [9.17, 15) is 19.5 Å². The summed E-state index contributed by atoms with van der Waals surface area (Å²) in [6, 6.07) is 12.5. The van der Waals surface area contributed by atoms with Crippen LogP contribution in [0.15, 0.2) is 48.5 Å². The minimum Gasteiger partial charge on any atom is -0.548 e. The molecule has 3 rings (SSSR count). The average Bonchev–Trinajstić information content (AvgIpc) is 2.65. The number of rotatable bonds is 5. The number of amides is 2. The van der Waals surface area contributed by atoms with Crippen molar-refractivity contribution in [1.29, 1.82) is 0 Å². The molecule has 2 aromatic rings. The Labute approximate surface area is 174 Å². The van der Waals surface area contributed by atoms with Gasteiger partial charge in [0.2, 0.25) is 5.91 Å². The van der Waals surface area contributed by atoms with Gasteiger partial charge in [-0.05, 0) is 32.9 Å². The Morgan fingerprint density at radius 3 is 2.07 bits per heavy atom. The molecule has 0 saturated heterocycles. The lowest BCUT2D eigenvalue weighted by Crippen LogP contribution is -2.51. The van der Waals surface area contributed by atoms with E-state index in [0.717, 1.165) is 11.1 Å². The molecule has 0 fully saturated rings. The molecule has 2 N–H and O–H groups in total. The molecule has 0 saturated carbocycles. The Kier molecular flexibility index (Phi) is 5.96. The van der Waals surface area contributed by atoms with E-state index >= 15 is 0 Å². The van der Waals surface area contributed by atoms with E-state index in [1.807, 2.05) is 36.4 Å². The van der Waals surface area contributed by atoms with Crippen molar-refractivity contribution in [3.05, 3.63) is 59.7 Å². The molecule has 2 aromatic carbocycles. The predicted molar refractivity (Wildman–Crippen MR) is 106 cm³/mol. The molecule has 1 aliphatic heterocycles. The van der Waals surface area contributed by atoms with Gasteiger partial charge in [0.25, 0.3) is 0 Å². The summed E-state index contributed by atoms with van der Waals surface area (Å²) in [6.07, 6.45) is -1.45. The van der Waals surface area contributed by atoms with E-state index < -0.39 is 42.1 Å². The number of nitrogens with one attached hydrogen (secondary N) is 2. The molecule has 2 amide bonds. The maximum atomic E-state index is 12.7. The van der Waals surface area contributed by atoms with Crippen molar-refractivity contribution in [1.82, 2.24) is 10.6 Å². The van der Waals surface area contributed by atoms with E-state index in [0.29, 0.717) is 11.5 Å². The highest BCUT2D eigenvalue weighted by atomic mass is 16.6. The second kappa shape index (κ2) is 8.44. The fraction of sp³-hybridized carbons (Fsp3) is 0.318. The number of ether oxygens (including phenoxy) is 2. The summed E-state index contributed by atoms with van der Waals surface area (Å²) in [6.45, 7) is 4.94. The van der Waals surface area contributed by atoms with Crippen LogP contribution in [0.1, 0.15) is 44.4 Å². The molecular formula is C22H23N2O6-. The molecule has 0 aliphatic carbocycles. The fourth-order valence-electron chi connectivity index (χ4n) is 3.11. The third kappa shape index (κ3) is 5.08. The Bertz CT molecular complexity index is 921. The van der Waals surface area contributed by atoms with Crippen LogP contribution in [0.2, 0.25) is 0 Å². The van der Waals surface area contributed by atoms with Crippen LogP contribution in [0.5, 0.6) is 11.5 Å². The molecule has 1 aliphatic rings. The quantitative estimate of drug-likeness (QED) is 0.778.